The van der Waals surface area contributed by atoms with Crippen molar-refractivity contribution < 1.29 is 13.2 Å². The molecule has 1 aliphatic heterocycles. The molecule has 1 aliphatic rings. The molecule has 0 radical (unpaired) electrons. The molecule has 102 valence electrons. The van der Waals surface area contributed by atoms with E-state index < -0.39 is 11.9 Å². The van der Waals surface area contributed by atoms with Crippen LogP contribution in [0.1, 0.15) is 12.1 Å². The summed E-state index contributed by atoms with van der Waals surface area (Å²) in [5.74, 6) is -0.924. The maximum atomic E-state index is 12.1. The summed E-state index contributed by atoms with van der Waals surface area (Å²) in [4.78, 5) is 0. The molecule has 0 aromatic carbocycles. The highest BCUT2D eigenvalue weighted by molar-refractivity contribution is 7.99. The number of hydrogen-bond donors (Lipinski definition) is 1. The molecule has 0 saturated carbocycles. The Hall–Kier alpha value is -0.310. The molecule has 9 heteroatoms. The molecule has 0 atom stereocenters. The largest absolute Gasteiger partial charge is 0.398 e. The van der Waals surface area contributed by atoms with E-state index >= 15 is 0 Å². The Kier molecular flexibility index (Phi) is 5.90. The quantitative estimate of drug-likeness (QED) is 0.870. The van der Waals surface area contributed by atoms with Gasteiger partial charge in [0, 0.05) is 6.54 Å². The Bertz CT molecular complexity index is 419. The van der Waals surface area contributed by atoms with Gasteiger partial charge in [-0.1, -0.05) is 17.8 Å². The first-order valence-electron chi connectivity index (χ1n) is 4.98. The van der Waals surface area contributed by atoms with E-state index in [1.807, 2.05) is 6.08 Å². The van der Waals surface area contributed by atoms with Crippen molar-refractivity contribution in [2.45, 2.75) is 17.6 Å². The number of rotatable bonds is 3. The molecule has 1 aromatic heterocycles. The Morgan fingerprint density at radius 1 is 1.39 bits per heavy atom. The highest BCUT2D eigenvalue weighted by Crippen LogP contribution is 2.31. The van der Waals surface area contributed by atoms with Crippen LogP contribution in [0.4, 0.5) is 13.2 Å². The fourth-order valence-corrected chi connectivity index (χ4v) is 2.91. The van der Waals surface area contributed by atoms with Gasteiger partial charge in [-0.2, -0.15) is 21.9 Å². The molecule has 2 rings (SSSR count). The lowest BCUT2D eigenvalue weighted by atomic mass is 10.1. The average Bonchev–Trinajstić information content (AvgIpc) is 2.75. The normalized spacial score (nSPS) is 16.1. The van der Waals surface area contributed by atoms with Crippen LogP contribution in [0.2, 0.25) is 0 Å². The highest BCUT2D eigenvalue weighted by Gasteiger charge is 2.29. The third-order valence-electron chi connectivity index (χ3n) is 2.16. The summed E-state index contributed by atoms with van der Waals surface area (Å²) in [6.07, 6.45) is -1.30. The molecule has 2 heterocycles. The summed E-state index contributed by atoms with van der Waals surface area (Å²) in [5.41, 5.74) is 1.53. The predicted molar refractivity (Wildman–Crippen MR) is 69.4 cm³/mol. The van der Waals surface area contributed by atoms with Crippen LogP contribution in [0.15, 0.2) is 11.1 Å². The zero-order valence-electron chi connectivity index (χ0n) is 9.16. The number of thioether (sulfide) groups is 1. The van der Waals surface area contributed by atoms with Gasteiger partial charge in [-0.05, 0) is 18.5 Å². The number of hydrogen-bond acceptors (Lipinski definition) is 5. The predicted octanol–water partition coefficient (Wildman–Crippen LogP) is 2.99. The first-order valence-corrected chi connectivity index (χ1v) is 6.70. The van der Waals surface area contributed by atoms with Crippen molar-refractivity contribution in [1.29, 1.82) is 0 Å². The Morgan fingerprint density at radius 3 is 2.78 bits per heavy atom. The Morgan fingerprint density at radius 2 is 2.17 bits per heavy atom. The standard InChI is InChI=1S/C9H10F3N3S2.ClH/c10-9(11,12)5-16-8-7(14-17-15-8)6-2-1-3-13-4-6;/h2,13H,1,3-5H2;1H. The van der Waals surface area contributed by atoms with Gasteiger partial charge in [0.15, 0.2) is 0 Å². The second-order valence-corrected chi connectivity index (χ2v) is 5.01. The van der Waals surface area contributed by atoms with Crippen LogP contribution in [-0.4, -0.2) is 33.8 Å². The lowest BCUT2D eigenvalue weighted by Gasteiger charge is -2.13. The van der Waals surface area contributed by atoms with E-state index in [-0.39, 0.29) is 12.4 Å². The molecule has 0 bridgehead atoms. The van der Waals surface area contributed by atoms with Gasteiger partial charge in [0.2, 0.25) is 0 Å². The lowest BCUT2D eigenvalue weighted by molar-refractivity contribution is -0.105. The second-order valence-electron chi connectivity index (χ2n) is 3.52. The zero-order valence-corrected chi connectivity index (χ0v) is 11.6. The maximum Gasteiger partial charge on any atom is 0.398 e. The van der Waals surface area contributed by atoms with Gasteiger partial charge in [0.05, 0.1) is 17.5 Å². The second kappa shape index (κ2) is 6.74. The monoisotopic (exact) mass is 317 g/mol. The molecule has 0 fully saturated rings. The highest BCUT2D eigenvalue weighted by atomic mass is 35.5. The first kappa shape index (κ1) is 15.7. The van der Waals surface area contributed by atoms with E-state index in [4.69, 9.17) is 0 Å². The molecular weight excluding hydrogens is 307 g/mol. The van der Waals surface area contributed by atoms with Gasteiger partial charge >= 0.3 is 6.18 Å². The number of aromatic nitrogens is 2. The Labute approximate surface area is 117 Å². The van der Waals surface area contributed by atoms with Crippen molar-refractivity contribution in [2.75, 3.05) is 18.8 Å². The van der Waals surface area contributed by atoms with Gasteiger partial charge in [0.25, 0.3) is 0 Å². The van der Waals surface area contributed by atoms with Crippen molar-refractivity contribution in [3.8, 4) is 0 Å². The zero-order chi connectivity index (χ0) is 12.3. The van der Waals surface area contributed by atoms with E-state index in [1.165, 1.54) is 0 Å². The number of halogens is 4. The maximum absolute atomic E-state index is 12.1. The summed E-state index contributed by atoms with van der Waals surface area (Å²) in [6, 6.07) is 0. The lowest BCUT2D eigenvalue weighted by Crippen LogP contribution is -2.21. The summed E-state index contributed by atoms with van der Waals surface area (Å²) >= 11 is 1.65. The first-order chi connectivity index (χ1) is 8.06. The minimum Gasteiger partial charge on any atom is -0.312 e. The summed E-state index contributed by atoms with van der Waals surface area (Å²) < 4.78 is 44.4. The van der Waals surface area contributed by atoms with Crippen molar-refractivity contribution >= 4 is 41.5 Å². The number of nitrogens with one attached hydrogen (secondary N) is 1. The van der Waals surface area contributed by atoms with E-state index in [2.05, 4.69) is 14.1 Å². The van der Waals surface area contributed by atoms with E-state index in [1.54, 1.807) is 0 Å². The fraction of sp³-hybridized carbons (Fsp3) is 0.556. The average molecular weight is 318 g/mol. The summed E-state index contributed by atoms with van der Waals surface area (Å²) in [6.45, 7) is 1.54. The van der Waals surface area contributed by atoms with Crippen LogP contribution < -0.4 is 5.32 Å². The van der Waals surface area contributed by atoms with Gasteiger partial charge in [-0.25, -0.2) is 0 Å². The molecule has 0 unspecified atom stereocenters. The Balaban J connectivity index is 0.00000162. The third kappa shape index (κ3) is 4.42. The molecule has 0 saturated heterocycles. The van der Waals surface area contributed by atoms with Crippen LogP contribution in [0.5, 0.6) is 0 Å². The van der Waals surface area contributed by atoms with Gasteiger partial charge in [-0.15, -0.1) is 12.4 Å². The van der Waals surface area contributed by atoms with E-state index in [9.17, 15) is 13.2 Å². The summed E-state index contributed by atoms with van der Waals surface area (Å²) in [5, 5.41) is 3.54. The molecule has 0 aliphatic carbocycles. The van der Waals surface area contributed by atoms with E-state index in [0.717, 1.165) is 30.3 Å². The van der Waals surface area contributed by atoms with Crippen LogP contribution in [-0.2, 0) is 0 Å². The van der Waals surface area contributed by atoms with Gasteiger partial charge in [0.1, 0.15) is 10.7 Å². The number of alkyl halides is 3. The minimum absolute atomic E-state index is 0. The molecule has 0 spiro atoms. The van der Waals surface area contributed by atoms with Crippen molar-refractivity contribution in [3.63, 3.8) is 0 Å². The van der Waals surface area contributed by atoms with Gasteiger partial charge in [-0.3, -0.25) is 0 Å². The number of nitrogens with zero attached hydrogens (tertiary/aromatic N) is 2. The van der Waals surface area contributed by atoms with E-state index in [0.29, 0.717) is 29.0 Å². The van der Waals surface area contributed by atoms with Crippen LogP contribution in [0.3, 0.4) is 0 Å². The summed E-state index contributed by atoms with van der Waals surface area (Å²) in [7, 11) is 0. The molecule has 3 nitrogen and oxygen atoms in total. The van der Waals surface area contributed by atoms with Crippen LogP contribution >= 0.6 is 35.9 Å². The molecular formula is C9H11ClF3N3S2. The van der Waals surface area contributed by atoms with Gasteiger partial charge < -0.3 is 5.32 Å². The van der Waals surface area contributed by atoms with Crippen molar-refractivity contribution in [3.05, 3.63) is 11.8 Å². The topological polar surface area (TPSA) is 37.8 Å². The molecule has 0 amide bonds. The van der Waals surface area contributed by atoms with Crippen molar-refractivity contribution in [2.24, 2.45) is 0 Å². The third-order valence-corrected chi connectivity index (χ3v) is 3.84. The fourth-order valence-electron chi connectivity index (χ4n) is 1.45. The SMILES string of the molecule is Cl.FC(F)(F)CSc1nsnc1C1=CCCNC1. The minimum atomic E-state index is -4.18. The smallest absolute Gasteiger partial charge is 0.312 e. The van der Waals surface area contributed by atoms with Crippen LogP contribution in [0, 0.1) is 0 Å². The molecule has 1 aromatic rings. The molecule has 18 heavy (non-hydrogen) atoms. The van der Waals surface area contributed by atoms with Crippen LogP contribution in [0.25, 0.3) is 5.57 Å². The molecule has 1 N–H and O–H groups in total. The van der Waals surface area contributed by atoms with Crippen molar-refractivity contribution in [1.82, 2.24) is 14.1 Å².